The molecule has 1 aromatic heterocycles. The highest BCUT2D eigenvalue weighted by atomic mass is 16.5. The Kier molecular flexibility index (Phi) is 5.51. The van der Waals surface area contributed by atoms with Crippen LogP contribution in [0.4, 0.5) is 0 Å². The fourth-order valence-corrected chi connectivity index (χ4v) is 1.11. The van der Waals surface area contributed by atoms with Crippen molar-refractivity contribution in [3.05, 3.63) is 48.3 Å². The maximum absolute atomic E-state index is 11.4. The molecule has 0 aliphatic carbocycles. The van der Waals surface area contributed by atoms with Crippen LogP contribution < -0.4 is 0 Å². The van der Waals surface area contributed by atoms with Gasteiger partial charge in [0, 0.05) is 24.4 Å². The van der Waals surface area contributed by atoms with Crippen molar-refractivity contribution in [2.45, 2.75) is 13.3 Å². The predicted octanol–water partition coefficient (Wildman–Crippen LogP) is 2.17. The molecule has 0 N–H and O–H groups in total. The van der Waals surface area contributed by atoms with Gasteiger partial charge in [-0.05, 0) is 30.7 Å². The van der Waals surface area contributed by atoms with E-state index in [0.717, 1.165) is 5.56 Å². The Morgan fingerprint density at radius 3 is 2.89 bits per heavy atom. The van der Waals surface area contributed by atoms with Crippen LogP contribution in [0.2, 0.25) is 0 Å². The summed E-state index contributed by atoms with van der Waals surface area (Å²) in [6.45, 7) is 5.08. The van der Waals surface area contributed by atoms with Crippen LogP contribution in [0, 0.1) is 0 Å². The van der Waals surface area contributed by atoms with E-state index in [-0.39, 0.29) is 18.8 Å². The highest BCUT2D eigenvalue weighted by molar-refractivity contribution is 5.94. The molecule has 0 saturated carbocycles. The largest absolute Gasteiger partial charge is 0.462 e. The minimum Gasteiger partial charge on any atom is -0.462 e. The minimum atomic E-state index is -0.473. The highest BCUT2D eigenvalue weighted by Gasteiger charge is 2.04. The van der Waals surface area contributed by atoms with Crippen molar-refractivity contribution in [2.75, 3.05) is 6.61 Å². The van der Waals surface area contributed by atoms with Gasteiger partial charge in [-0.3, -0.25) is 9.78 Å². The lowest BCUT2D eigenvalue weighted by Crippen LogP contribution is -2.08. The van der Waals surface area contributed by atoms with Crippen molar-refractivity contribution in [3.8, 4) is 0 Å². The molecule has 0 atom stereocenters. The van der Waals surface area contributed by atoms with Gasteiger partial charge in [-0.1, -0.05) is 12.6 Å². The molecule has 0 fully saturated rings. The number of allylic oxidation sites excluding steroid dienone is 1. The number of ketones is 1. The molecule has 18 heavy (non-hydrogen) atoms. The second kappa shape index (κ2) is 7.17. The van der Waals surface area contributed by atoms with Crippen LogP contribution in [-0.4, -0.2) is 23.3 Å². The van der Waals surface area contributed by atoms with Crippen molar-refractivity contribution < 1.29 is 14.3 Å². The Hall–Kier alpha value is -2.23. The van der Waals surface area contributed by atoms with Crippen LogP contribution in [0.5, 0.6) is 0 Å². The number of hydrogen-bond donors (Lipinski definition) is 0. The summed E-state index contributed by atoms with van der Waals surface area (Å²) in [5.74, 6) is -0.576. The van der Waals surface area contributed by atoms with Crippen molar-refractivity contribution in [1.29, 1.82) is 0 Å². The van der Waals surface area contributed by atoms with Gasteiger partial charge in [0.05, 0.1) is 6.61 Å². The quantitative estimate of drug-likeness (QED) is 0.569. The molecule has 0 spiro atoms. The molecule has 4 heteroatoms. The first-order valence-electron chi connectivity index (χ1n) is 5.53. The van der Waals surface area contributed by atoms with Gasteiger partial charge in [0.15, 0.2) is 5.78 Å². The summed E-state index contributed by atoms with van der Waals surface area (Å²) in [7, 11) is 0. The zero-order valence-electron chi connectivity index (χ0n) is 10.3. The standard InChI is InChI=1S/C14H15NO3/c1-11(2)14(17)18-9-7-13(16)6-5-12-4-3-8-15-10-12/h3-6,8,10H,1,7,9H2,2H3. The summed E-state index contributed by atoms with van der Waals surface area (Å²) in [5, 5.41) is 0. The van der Waals surface area contributed by atoms with E-state index in [0.29, 0.717) is 5.57 Å². The molecule has 1 heterocycles. The molecule has 0 aromatic carbocycles. The van der Waals surface area contributed by atoms with E-state index >= 15 is 0 Å². The molecule has 0 aliphatic heterocycles. The maximum atomic E-state index is 11.4. The summed E-state index contributed by atoms with van der Waals surface area (Å²) in [6, 6.07) is 3.64. The van der Waals surface area contributed by atoms with E-state index in [4.69, 9.17) is 4.74 Å². The topological polar surface area (TPSA) is 56.3 Å². The van der Waals surface area contributed by atoms with Crippen molar-refractivity contribution in [3.63, 3.8) is 0 Å². The molecule has 0 aliphatic rings. The van der Waals surface area contributed by atoms with Gasteiger partial charge in [0.2, 0.25) is 0 Å². The number of ether oxygens (including phenoxy) is 1. The average molecular weight is 245 g/mol. The van der Waals surface area contributed by atoms with E-state index < -0.39 is 5.97 Å². The second-order valence-corrected chi connectivity index (χ2v) is 3.75. The van der Waals surface area contributed by atoms with Gasteiger partial charge in [-0.25, -0.2) is 4.79 Å². The first-order valence-corrected chi connectivity index (χ1v) is 5.53. The molecule has 0 radical (unpaired) electrons. The van der Waals surface area contributed by atoms with E-state index in [1.807, 2.05) is 6.07 Å². The van der Waals surface area contributed by atoms with Crippen LogP contribution >= 0.6 is 0 Å². The molecule has 94 valence electrons. The molecular formula is C14H15NO3. The number of aromatic nitrogens is 1. The van der Waals surface area contributed by atoms with E-state index in [2.05, 4.69) is 11.6 Å². The number of nitrogens with zero attached hydrogens (tertiary/aromatic N) is 1. The Labute approximate surface area is 106 Å². The number of pyridine rings is 1. The first kappa shape index (κ1) is 13.8. The van der Waals surface area contributed by atoms with Crippen LogP contribution in [0.15, 0.2) is 42.8 Å². The SMILES string of the molecule is C=C(C)C(=O)OCCC(=O)C=Cc1cccnc1. The van der Waals surface area contributed by atoms with Gasteiger partial charge in [0.25, 0.3) is 0 Å². The fourth-order valence-electron chi connectivity index (χ4n) is 1.11. The lowest BCUT2D eigenvalue weighted by Gasteiger charge is -2.01. The van der Waals surface area contributed by atoms with E-state index in [1.54, 1.807) is 31.5 Å². The van der Waals surface area contributed by atoms with Crippen LogP contribution in [0.25, 0.3) is 6.08 Å². The Morgan fingerprint density at radius 1 is 1.50 bits per heavy atom. The normalized spacial score (nSPS) is 10.3. The summed E-state index contributed by atoms with van der Waals surface area (Å²) < 4.78 is 4.82. The number of rotatable bonds is 6. The van der Waals surface area contributed by atoms with Gasteiger partial charge >= 0.3 is 5.97 Å². The maximum Gasteiger partial charge on any atom is 0.333 e. The third-order valence-electron chi connectivity index (χ3n) is 2.08. The number of carbonyl (C=O) groups excluding carboxylic acids is 2. The summed E-state index contributed by atoms with van der Waals surface area (Å²) in [6.07, 6.45) is 6.61. The fraction of sp³-hybridized carbons (Fsp3) is 0.214. The van der Waals surface area contributed by atoms with E-state index in [1.165, 1.54) is 6.08 Å². The van der Waals surface area contributed by atoms with E-state index in [9.17, 15) is 9.59 Å². The Morgan fingerprint density at radius 2 is 2.28 bits per heavy atom. The number of hydrogen-bond acceptors (Lipinski definition) is 4. The summed E-state index contributed by atoms with van der Waals surface area (Å²) in [4.78, 5) is 26.4. The lowest BCUT2D eigenvalue weighted by molar-refractivity contribution is -0.139. The zero-order chi connectivity index (χ0) is 13.4. The lowest BCUT2D eigenvalue weighted by atomic mass is 10.2. The predicted molar refractivity (Wildman–Crippen MR) is 68.7 cm³/mol. The zero-order valence-corrected chi connectivity index (χ0v) is 10.3. The van der Waals surface area contributed by atoms with Crippen LogP contribution in [-0.2, 0) is 14.3 Å². The Bertz CT molecular complexity index is 463. The van der Waals surface area contributed by atoms with Gasteiger partial charge < -0.3 is 4.74 Å². The second-order valence-electron chi connectivity index (χ2n) is 3.75. The molecule has 0 unspecified atom stereocenters. The van der Waals surface area contributed by atoms with Gasteiger partial charge in [-0.15, -0.1) is 0 Å². The minimum absolute atomic E-state index is 0.0713. The molecule has 4 nitrogen and oxygen atoms in total. The molecule has 0 bridgehead atoms. The van der Waals surface area contributed by atoms with Crippen LogP contribution in [0.1, 0.15) is 18.9 Å². The molecule has 0 amide bonds. The van der Waals surface area contributed by atoms with Crippen molar-refractivity contribution in [2.24, 2.45) is 0 Å². The third-order valence-corrected chi connectivity index (χ3v) is 2.08. The molecule has 1 aromatic rings. The van der Waals surface area contributed by atoms with Gasteiger partial charge in [-0.2, -0.15) is 0 Å². The Balaban J connectivity index is 2.32. The molecular weight excluding hydrogens is 230 g/mol. The third kappa shape index (κ3) is 5.21. The monoisotopic (exact) mass is 245 g/mol. The summed E-state index contributed by atoms with van der Waals surface area (Å²) in [5.41, 5.74) is 1.18. The smallest absolute Gasteiger partial charge is 0.333 e. The number of esters is 1. The first-order chi connectivity index (χ1) is 8.59. The van der Waals surface area contributed by atoms with Crippen molar-refractivity contribution >= 4 is 17.8 Å². The summed E-state index contributed by atoms with van der Waals surface area (Å²) >= 11 is 0. The van der Waals surface area contributed by atoms with Crippen molar-refractivity contribution in [1.82, 2.24) is 4.98 Å². The highest BCUT2D eigenvalue weighted by Crippen LogP contribution is 2.00. The van der Waals surface area contributed by atoms with Gasteiger partial charge in [0.1, 0.15) is 0 Å². The molecule has 1 rings (SSSR count). The molecule has 0 saturated heterocycles. The average Bonchev–Trinajstić information content (AvgIpc) is 2.37. The number of carbonyl (C=O) groups is 2. The van der Waals surface area contributed by atoms with Crippen LogP contribution in [0.3, 0.4) is 0 Å².